The van der Waals surface area contributed by atoms with Crippen molar-refractivity contribution in [3.8, 4) is 0 Å². The first-order chi connectivity index (χ1) is 11.8. The first kappa shape index (κ1) is 29.1. The van der Waals surface area contributed by atoms with Gasteiger partial charge in [0.25, 0.3) is 0 Å². The van der Waals surface area contributed by atoms with Crippen LogP contribution in [0.25, 0.3) is 0 Å². The Hall–Kier alpha value is -0.700. The Morgan fingerprint density at radius 2 is 1.84 bits per heavy atom. The Kier molecular flexibility index (Phi) is 27.1. The molecule has 6 nitrogen and oxygen atoms in total. The van der Waals surface area contributed by atoms with E-state index in [1.54, 1.807) is 6.92 Å². The lowest BCUT2D eigenvalue weighted by atomic mass is 10.2. The number of rotatable bonds is 10. The molecule has 0 aromatic heterocycles. The first-order valence-corrected chi connectivity index (χ1v) is 10.6. The molecule has 0 aliphatic rings. The van der Waals surface area contributed by atoms with E-state index in [9.17, 15) is 9.59 Å². The highest BCUT2D eigenvalue weighted by molar-refractivity contribution is 7.98. The summed E-state index contributed by atoms with van der Waals surface area (Å²) in [6.45, 7) is 8.34. The molecule has 25 heavy (non-hydrogen) atoms. The highest BCUT2D eigenvalue weighted by Crippen LogP contribution is 1.90. The molecule has 0 bridgehead atoms. The Morgan fingerprint density at radius 3 is 2.24 bits per heavy atom. The van der Waals surface area contributed by atoms with E-state index in [1.165, 1.54) is 12.2 Å². The number of carbonyl (C=O) groups excluding carboxylic acids is 1. The third-order valence-corrected chi connectivity index (χ3v) is 3.45. The molecule has 0 saturated carbocycles. The second-order valence-electron chi connectivity index (χ2n) is 5.14. The number of nitrogens with two attached hydrogens (primary N) is 1. The highest BCUT2D eigenvalue weighted by atomic mass is 32.2. The van der Waals surface area contributed by atoms with E-state index in [4.69, 9.17) is 10.8 Å². The molecule has 0 aromatic rings. The molecule has 0 spiro atoms. The van der Waals surface area contributed by atoms with E-state index in [-0.39, 0.29) is 18.5 Å². The molecule has 0 aliphatic carbocycles. The molecule has 0 heterocycles. The van der Waals surface area contributed by atoms with Crippen LogP contribution in [-0.2, 0) is 9.59 Å². The van der Waals surface area contributed by atoms with Gasteiger partial charge in [-0.15, -0.1) is 0 Å². The Balaban J connectivity index is -0.000000586. The van der Waals surface area contributed by atoms with Crippen LogP contribution in [0, 0.1) is 0 Å². The number of hydrogen-bond acceptors (Lipinski definition) is 6. The normalized spacial score (nSPS) is 12.3. The summed E-state index contributed by atoms with van der Waals surface area (Å²) in [5.41, 5.74) is 5.63. The van der Waals surface area contributed by atoms with E-state index < -0.39 is 12.0 Å². The fourth-order valence-corrected chi connectivity index (χ4v) is 1.25. The number of carboxylic acid groups (broad SMARTS) is 1. The number of carbonyl (C=O) groups is 2. The molecule has 2 atom stereocenters. The van der Waals surface area contributed by atoms with Crippen molar-refractivity contribution < 1.29 is 14.7 Å². The summed E-state index contributed by atoms with van der Waals surface area (Å²) in [5.74, 6) is 0.449. The van der Waals surface area contributed by atoms with Gasteiger partial charge in [-0.1, -0.05) is 39.3 Å². The summed E-state index contributed by atoms with van der Waals surface area (Å²) in [7, 11) is 0. The molecule has 0 fully saturated rings. The van der Waals surface area contributed by atoms with Gasteiger partial charge in [0, 0.05) is 11.8 Å². The lowest BCUT2D eigenvalue weighted by Gasteiger charge is -2.12. The van der Waals surface area contributed by atoms with Crippen molar-refractivity contribution in [1.29, 1.82) is 0 Å². The third-order valence-electron chi connectivity index (χ3n) is 2.45. The largest absolute Gasteiger partial charge is 0.480 e. The van der Waals surface area contributed by atoms with Gasteiger partial charge >= 0.3 is 5.97 Å². The molecule has 150 valence electrons. The van der Waals surface area contributed by atoms with Crippen molar-refractivity contribution in [3.05, 3.63) is 12.2 Å². The number of nitrogens with one attached hydrogen (secondary N) is 2. The lowest BCUT2D eigenvalue weighted by Crippen LogP contribution is -2.44. The zero-order valence-electron chi connectivity index (χ0n) is 16.2. The van der Waals surface area contributed by atoms with E-state index in [0.717, 1.165) is 6.42 Å². The molecule has 8 heteroatoms. The Labute approximate surface area is 163 Å². The maximum absolute atomic E-state index is 11.4. The van der Waals surface area contributed by atoms with Crippen LogP contribution in [0.4, 0.5) is 0 Å². The monoisotopic (exact) mass is 395 g/mol. The topological polar surface area (TPSA) is 104 Å². The van der Waals surface area contributed by atoms with E-state index in [0.29, 0.717) is 12.3 Å². The maximum atomic E-state index is 11.4. The first-order valence-electron chi connectivity index (χ1n) is 8.55. The summed E-state index contributed by atoms with van der Waals surface area (Å²) >= 11 is 5.90. The Morgan fingerprint density at radius 1 is 1.32 bits per heavy atom. The van der Waals surface area contributed by atoms with Crippen LogP contribution in [0.15, 0.2) is 12.2 Å². The molecule has 0 aromatic carbocycles. The van der Waals surface area contributed by atoms with Crippen molar-refractivity contribution >= 4 is 36.3 Å². The summed E-state index contributed by atoms with van der Waals surface area (Å²) in [6.07, 6.45) is 7.89. The minimum Gasteiger partial charge on any atom is -0.480 e. The van der Waals surface area contributed by atoms with Gasteiger partial charge in [0.1, 0.15) is 6.54 Å². The second kappa shape index (κ2) is 23.3. The van der Waals surface area contributed by atoms with Gasteiger partial charge in [-0.25, -0.2) is 0 Å². The predicted molar refractivity (Wildman–Crippen MR) is 114 cm³/mol. The fourth-order valence-electron chi connectivity index (χ4n) is 1.12. The number of amides is 1. The van der Waals surface area contributed by atoms with Crippen LogP contribution in [0.5, 0.6) is 0 Å². The predicted octanol–water partition coefficient (Wildman–Crippen LogP) is 2.15. The summed E-state index contributed by atoms with van der Waals surface area (Å²) in [4.78, 5) is 21.6. The second-order valence-corrected chi connectivity index (χ2v) is 6.65. The van der Waals surface area contributed by atoms with Gasteiger partial charge < -0.3 is 21.5 Å². The van der Waals surface area contributed by atoms with Crippen molar-refractivity contribution in [2.75, 3.05) is 30.9 Å². The average Bonchev–Trinajstić information content (AvgIpc) is 2.59. The number of aliphatic carboxylic acids is 1. The van der Waals surface area contributed by atoms with Crippen molar-refractivity contribution in [1.82, 2.24) is 10.6 Å². The molecule has 0 radical (unpaired) electrons. The zero-order valence-corrected chi connectivity index (χ0v) is 18.0. The number of hydrogen-bond donors (Lipinski definition) is 5. The highest BCUT2D eigenvalue weighted by Gasteiger charge is 2.11. The lowest BCUT2D eigenvalue weighted by molar-refractivity contribution is -0.138. The number of thioether (sulfide) groups is 1. The quantitative estimate of drug-likeness (QED) is 0.221. The van der Waals surface area contributed by atoms with E-state index in [1.807, 2.05) is 23.9 Å². The molecule has 1 amide bonds. The molecule has 0 aliphatic heterocycles. The van der Waals surface area contributed by atoms with Gasteiger partial charge in [-0.3, -0.25) is 9.59 Å². The average molecular weight is 396 g/mol. The van der Waals surface area contributed by atoms with E-state index >= 15 is 0 Å². The van der Waals surface area contributed by atoms with Crippen LogP contribution in [0.1, 0.15) is 40.5 Å². The molecule has 0 saturated heterocycles. The molecular formula is C17H37N3O3S2. The third kappa shape index (κ3) is 28.4. The molecular weight excluding hydrogens is 358 g/mol. The summed E-state index contributed by atoms with van der Waals surface area (Å²) in [5, 5.41) is 13.7. The number of thiol groups is 1. The standard InChI is InChI=1S/C11H21N3O3S.C3H8S.C3H8/c1-8(11(17)14-6-10(15)16)13-5-3-2-4-9(12)7-18;1-3-4-2;1-3-2/h2,4,8-9,13,18H,3,5-7,12H2,1H3,(H,14,17)(H,15,16);3H2,1-2H3;3H2,1-2H3/b4-2+;;. The number of carboxylic acids is 1. The summed E-state index contributed by atoms with van der Waals surface area (Å²) < 4.78 is 0. The SMILES string of the molecule is CC(NCC/C=C/C(N)CS)C(=O)NCC(=O)O.CCC.CCSC. The maximum Gasteiger partial charge on any atom is 0.322 e. The van der Waals surface area contributed by atoms with Crippen LogP contribution in [-0.4, -0.2) is 59.9 Å². The van der Waals surface area contributed by atoms with Gasteiger partial charge in [-0.2, -0.15) is 24.4 Å². The van der Waals surface area contributed by atoms with Gasteiger partial charge in [0.15, 0.2) is 0 Å². The van der Waals surface area contributed by atoms with Crippen molar-refractivity contribution in [2.24, 2.45) is 5.73 Å². The fraction of sp³-hybridized carbons (Fsp3) is 0.765. The van der Waals surface area contributed by atoms with Crippen LogP contribution >= 0.6 is 24.4 Å². The van der Waals surface area contributed by atoms with Gasteiger partial charge in [0.2, 0.25) is 5.91 Å². The van der Waals surface area contributed by atoms with Crippen molar-refractivity contribution in [3.63, 3.8) is 0 Å². The van der Waals surface area contributed by atoms with Gasteiger partial charge in [0.05, 0.1) is 6.04 Å². The minimum absolute atomic E-state index is 0.0513. The Bertz CT molecular complexity index is 341. The minimum atomic E-state index is -1.06. The molecule has 0 rings (SSSR count). The van der Waals surface area contributed by atoms with Crippen LogP contribution in [0.2, 0.25) is 0 Å². The smallest absolute Gasteiger partial charge is 0.322 e. The van der Waals surface area contributed by atoms with E-state index in [2.05, 4.69) is 50.3 Å². The van der Waals surface area contributed by atoms with Crippen LogP contribution < -0.4 is 16.4 Å². The molecule has 5 N–H and O–H groups in total. The molecule has 2 unspecified atom stereocenters. The summed E-state index contributed by atoms with van der Waals surface area (Å²) in [6, 6.07) is -0.471. The van der Waals surface area contributed by atoms with Crippen LogP contribution in [0.3, 0.4) is 0 Å². The van der Waals surface area contributed by atoms with Crippen molar-refractivity contribution in [2.45, 2.75) is 52.6 Å². The zero-order chi connectivity index (χ0) is 20.1. The van der Waals surface area contributed by atoms with Gasteiger partial charge in [-0.05, 0) is 31.9 Å².